The Morgan fingerprint density at radius 1 is 1.05 bits per heavy atom. The minimum atomic E-state index is -0.814. The molecular weight excluding hydrogens is 295 g/mol. The Kier molecular flexibility index (Phi) is 4.59. The summed E-state index contributed by atoms with van der Waals surface area (Å²) in [5.74, 6) is 0.494. The van der Waals surface area contributed by atoms with Gasteiger partial charge in [0.15, 0.2) is 0 Å². The van der Waals surface area contributed by atoms with Gasteiger partial charge in [-0.2, -0.15) is 0 Å². The predicted octanol–water partition coefficient (Wildman–Crippen LogP) is 4.70. The highest BCUT2D eigenvalue weighted by Crippen LogP contribution is 2.37. The van der Waals surface area contributed by atoms with Crippen LogP contribution < -0.4 is 4.74 Å². The highest BCUT2D eigenvalue weighted by atomic mass is 35.5. The fourth-order valence-corrected chi connectivity index (χ4v) is 2.65. The fraction of sp³-hybridized carbons (Fsp3) is 0.250. The molecule has 1 atom stereocenters. The number of hydrogen-bond acceptors (Lipinski definition) is 2. The van der Waals surface area contributed by atoms with Crippen molar-refractivity contribution in [2.75, 3.05) is 7.11 Å². The van der Waals surface area contributed by atoms with Crippen molar-refractivity contribution in [1.82, 2.24) is 0 Å². The second-order valence-corrected chi connectivity index (χ2v) is 5.51. The molecular formula is C16H16Cl2O2. The molecule has 2 rings (SSSR count). The van der Waals surface area contributed by atoms with Crippen molar-refractivity contribution >= 4 is 23.2 Å². The average Bonchev–Trinajstić information content (AvgIpc) is 2.43. The quantitative estimate of drug-likeness (QED) is 0.890. The normalized spacial score (nSPS) is 12.3. The molecule has 0 saturated heterocycles. The summed E-state index contributed by atoms with van der Waals surface area (Å²) in [4.78, 5) is 0. The number of aliphatic hydroxyl groups excluding tert-OH is 1. The van der Waals surface area contributed by atoms with Gasteiger partial charge in [-0.1, -0.05) is 41.4 Å². The Hall–Kier alpha value is -1.22. The molecule has 1 unspecified atom stereocenters. The zero-order valence-electron chi connectivity index (χ0n) is 11.6. The first kappa shape index (κ1) is 15.2. The highest BCUT2D eigenvalue weighted by Gasteiger charge is 2.18. The van der Waals surface area contributed by atoms with E-state index in [4.69, 9.17) is 27.9 Å². The van der Waals surface area contributed by atoms with Crippen LogP contribution in [0.4, 0.5) is 0 Å². The lowest BCUT2D eigenvalue weighted by molar-refractivity contribution is 0.219. The monoisotopic (exact) mass is 310 g/mol. The molecule has 2 aromatic rings. The molecule has 0 radical (unpaired) electrons. The third-order valence-corrected chi connectivity index (χ3v) is 4.13. The first-order valence-electron chi connectivity index (χ1n) is 6.22. The van der Waals surface area contributed by atoms with Crippen molar-refractivity contribution < 1.29 is 9.84 Å². The molecule has 106 valence electrons. The molecule has 0 spiro atoms. The Balaban J connectivity index is 2.51. The summed E-state index contributed by atoms with van der Waals surface area (Å²) >= 11 is 12.3. The minimum Gasteiger partial charge on any atom is -0.495 e. The fourth-order valence-electron chi connectivity index (χ4n) is 2.15. The SMILES string of the molecule is COc1cc(Cl)c(C(O)c2cccc(C)c2C)cc1Cl. The third-order valence-electron chi connectivity index (χ3n) is 3.51. The van der Waals surface area contributed by atoms with E-state index in [-0.39, 0.29) is 0 Å². The second kappa shape index (κ2) is 6.04. The third kappa shape index (κ3) is 2.78. The lowest BCUT2D eigenvalue weighted by Crippen LogP contribution is -2.04. The van der Waals surface area contributed by atoms with Gasteiger partial charge in [0.2, 0.25) is 0 Å². The summed E-state index contributed by atoms with van der Waals surface area (Å²) in [6.07, 6.45) is -0.814. The maximum Gasteiger partial charge on any atom is 0.138 e. The molecule has 2 aromatic carbocycles. The summed E-state index contributed by atoms with van der Waals surface area (Å²) in [5.41, 5.74) is 3.57. The molecule has 0 aromatic heterocycles. The maximum atomic E-state index is 10.6. The average molecular weight is 311 g/mol. The van der Waals surface area contributed by atoms with Gasteiger partial charge in [-0.25, -0.2) is 0 Å². The van der Waals surface area contributed by atoms with Crippen LogP contribution in [-0.4, -0.2) is 12.2 Å². The molecule has 0 saturated carbocycles. The lowest BCUT2D eigenvalue weighted by atomic mass is 9.95. The van der Waals surface area contributed by atoms with Gasteiger partial charge >= 0.3 is 0 Å². The summed E-state index contributed by atoms with van der Waals surface area (Å²) in [6.45, 7) is 3.99. The van der Waals surface area contributed by atoms with Crippen molar-refractivity contribution in [3.8, 4) is 5.75 Å². The molecule has 0 aliphatic carbocycles. The van der Waals surface area contributed by atoms with E-state index in [1.165, 1.54) is 7.11 Å². The summed E-state index contributed by atoms with van der Waals surface area (Å²) < 4.78 is 5.11. The van der Waals surface area contributed by atoms with Crippen molar-refractivity contribution in [3.05, 3.63) is 62.6 Å². The summed E-state index contributed by atoms with van der Waals surface area (Å²) in [5, 5.41) is 11.4. The molecule has 0 heterocycles. The standard InChI is InChI=1S/C16H16Cl2O2/c1-9-5-4-6-11(10(9)2)16(19)12-7-14(18)15(20-3)8-13(12)17/h4-8,16,19H,1-3H3. The van der Waals surface area contributed by atoms with E-state index in [0.29, 0.717) is 21.4 Å². The van der Waals surface area contributed by atoms with Gasteiger partial charge < -0.3 is 9.84 Å². The van der Waals surface area contributed by atoms with Crippen molar-refractivity contribution in [2.45, 2.75) is 20.0 Å². The number of halogens is 2. The molecule has 20 heavy (non-hydrogen) atoms. The van der Waals surface area contributed by atoms with Crippen LogP contribution in [0.2, 0.25) is 10.0 Å². The van der Waals surface area contributed by atoms with Crippen LogP contribution in [-0.2, 0) is 0 Å². The summed E-state index contributed by atoms with van der Waals surface area (Å²) in [6, 6.07) is 9.08. The number of methoxy groups -OCH3 is 1. The van der Waals surface area contributed by atoms with Gasteiger partial charge in [0.1, 0.15) is 11.9 Å². The number of aryl methyl sites for hydroxylation is 1. The zero-order chi connectivity index (χ0) is 14.9. The van der Waals surface area contributed by atoms with Crippen molar-refractivity contribution in [1.29, 1.82) is 0 Å². The van der Waals surface area contributed by atoms with Gasteiger partial charge in [-0.15, -0.1) is 0 Å². The number of hydrogen-bond donors (Lipinski definition) is 1. The number of benzene rings is 2. The van der Waals surface area contributed by atoms with Crippen molar-refractivity contribution in [2.24, 2.45) is 0 Å². The first-order valence-corrected chi connectivity index (χ1v) is 6.98. The van der Waals surface area contributed by atoms with E-state index in [1.807, 2.05) is 32.0 Å². The number of aliphatic hydroxyl groups is 1. The van der Waals surface area contributed by atoms with Crippen LogP contribution in [0, 0.1) is 13.8 Å². The zero-order valence-corrected chi connectivity index (χ0v) is 13.1. The van der Waals surface area contributed by atoms with Crippen LogP contribution in [0.1, 0.15) is 28.4 Å². The van der Waals surface area contributed by atoms with E-state index < -0.39 is 6.10 Å². The van der Waals surface area contributed by atoms with Gasteiger partial charge in [0.25, 0.3) is 0 Å². The first-order chi connectivity index (χ1) is 9.45. The minimum absolute atomic E-state index is 0.427. The van der Waals surface area contributed by atoms with E-state index in [0.717, 1.165) is 16.7 Å². The largest absolute Gasteiger partial charge is 0.495 e. The van der Waals surface area contributed by atoms with E-state index in [2.05, 4.69) is 0 Å². The summed E-state index contributed by atoms with van der Waals surface area (Å²) in [7, 11) is 1.53. The Labute approximate surface area is 128 Å². The molecule has 0 aliphatic rings. The van der Waals surface area contributed by atoms with Crippen molar-refractivity contribution in [3.63, 3.8) is 0 Å². The van der Waals surface area contributed by atoms with Crippen LogP contribution in [0.3, 0.4) is 0 Å². The molecule has 0 amide bonds. The van der Waals surface area contributed by atoms with E-state index in [9.17, 15) is 5.11 Å². The van der Waals surface area contributed by atoms with Gasteiger partial charge in [-0.3, -0.25) is 0 Å². The Morgan fingerprint density at radius 2 is 1.75 bits per heavy atom. The van der Waals surface area contributed by atoms with Gasteiger partial charge in [0.05, 0.1) is 17.2 Å². The molecule has 1 N–H and O–H groups in total. The molecule has 4 heteroatoms. The van der Waals surface area contributed by atoms with Crippen LogP contribution >= 0.6 is 23.2 Å². The smallest absolute Gasteiger partial charge is 0.138 e. The lowest BCUT2D eigenvalue weighted by Gasteiger charge is -2.18. The Bertz CT molecular complexity index is 639. The predicted molar refractivity (Wildman–Crippen MR) is 83.0 cm³/mol. The molecule has 0 bridgehead atoms. The van der Waals surface area contributed by atoms with E-state index >= 15 is 0 Å². The van der Waals surface area contributed by atoms with Crippen LogP contribution in [0.25, 0.3) is 0 Å². The molecule has 0 fully saturated rings. The topological polar surface area (TPSA) is 29.5 Å². The molecule has 0 aliphatic heterocycles. The number of ether oxygens (including phenoxy) is 1. The van der Waals surface area contributed by atoms with Gasteiger partial charge in [-0.05, 0) is 36.6 Å². The van der Waals surface area contributed by atoms with Crippen LogP contribution in [0.5, 0.6) is 5.75 Å². The van der Waals surface area contributed by atoms with Gasteiger partial charge in [0, 0.05) is 11.6 Å². The molecule has 2 nitrogen and oxygen atoms in total. The maximum absolute atomic E-state index is 10.6. The second-order valence-electron chi connectivity index (χ2n) is 4.70. The number of rotatable bonds is 3. The Morgan fingerprint density at radius 3 is 2.40 bits per heavy atom. The highest BCUT2D eigenvalue weighted by molar-refractivity contribution is 6.34. The van der Waals surface area contributed by atoms with Crippen LogP contribution in [0.15, 0.2) is 30.3 Å². The van der Waals surface area contributed by atoms with E-state index in [1.54, 1.807) is 12.1 Å².